The van der Waals surface area contributed by atoms with Gasteiger partial charge in [0.05, 0.1) is 35.1 Å². The number of rotatable bonds is 30. The van der Waals surface area contributed by atoms with Gasteiger partial charge in [-0.15, -0.1) is 4.33 Å². The number of likely N-dealkylation sites (N-methyl/N-ethyl adjacent to an activating group) is 1. The summed E-state index contributed by atoms with van der Waals surface area (Å²) in [7, 11) is -21.4. The molecular formula is C50H69N7O21P3S2+. The van der Waals surface area contributed by atoms with Gasteiger partial charge in [0.15, 0.2) is 5.71 Å². The Morgan fingerprint density at radius 3 is 2.35 bits per heavy atom. The van der Waals surface area contributed by atoms with Crippen LogP contribution in [-0.4, -0.2) is 120 Å². The van der Waals surface area contributed by atoms with Gasteiger partial charge in [-0.3, -0.25) is 23.2 Å². The van der Waals surface area contributed by atoms with Crippen LogP contribution in [0.5, 0.6) is 0 Å². The number of nitrogens with zero attached hydrogens (tertiary/aromatic N) is 4. The van der Waals surface area contributed by atoms with E-state index >= 15 is 0 Å². The van der Waals surface area contributed by atoms with E-state index in [2.05, 4.69) is 74.5 Å². The van der Waals surface area contributed by atoms with Crippen LogP contribution in [-0.2, 0) is 71.5 Å². The first kappa shape index (κ1) is 67.1. The Bertz CT molecular complexity index is 3370. The van der Waals surface area contributed by atoms with Crippen LogP contribution in [0, 0.1) is 0 Å². The Kier molecular flexibility index (Phi) is 23.0. The summed E-state index contributed by atoms with van der Waals surface area (Å²) in [6, 6.07) is 10.5. The number of nitrogens with one attached hydrogen (secondary N) is 2. The zero-order valence-electron chi connectivity index (χ0n) is 45.9. The number of amides is 2. The SMILES string of the molecule is CCN1C(=CC=CC=CC2=[N+](CC)c3ccc(SOOO)cc3C2(C)C)C(C)(CCCC(=O)NCCCCCC(=O)NCC=Cc2cn([C@H]3C[C@@H](O)[C@@H](COP(=O)(O)OP(=O)(O)OP(=O)(O)O)O3)c(=O)nc2N)c2cc(S(=O)(=O)O)ccc21. The molecule has 3 unspecified atom stereocenters. The molecule has 1 saturated heterocycles. The van der Waals surface area contributed by atoms with E-state index in [0.717, 1.165) is 56.4 Å². The van der Waals surface area contributed by atoms with Gasteiger partial charge in [-0.05, 0) is 102 Å². The van der Waals surface area contributed by atoms with Gasteiger partial charge in [0.2, 0.25) is 17.5 Å². The molecule has 83 heavy (non-hydrogen) atoms. The highest BCUT2D eigenvalue weighted by atomic mass is 32.2. The number of aliphatic hydroxyl groups excluding tert-OH is 1. The Hall–Kier alpha value is -5.04. The molecular weight excluding hydrogens is 1190 g/mol. The summed E-state index contributed by atoms with van der Waals surface area (Å²) < 4.78 is 94.6. The van der Waals surface area contributed by atoms with Crippen LogP contribution in [0.1, 0.15) is 109 Å². The number of nitrogen functional groups attached to an aromatic ring is 1. The van der Waals surface area contributed by atoms with E-state index < -0.39 is 69.7 Å². The maximum atomic E-state index is 13.1. The van der Waals surface area contributed by atoms with E-state index in [9.17, 15) is 55.9 Å². The zero-order chi connectivity index (χ0) is 61.1. The number of benzene rings is 2. The molecule has 2 aromatic carbocycles. The van der Waals surface area contributed by atoms with E-state index in [1.54, 1.807) is 12.1 Å². The quantitative estimate of drug-likeness (QED) is 0.00507. The van der Waals surface area contributed by atoms with Gasteiger partial charge in [-0.2, -0.15) is 26.6 Å². The number of aliphatic hydroxyl groups is 1. The number of carbonyl (C=O) groups excluding carboxylic acids is 2. The van der Waals surface area contributed by atoms with E-state index in [-0.39, 0.29) is 59.3 Å². The first-order valence-corrected chi connectivity index (χ1v) is 32.7. The van der Waals surface area contributed by atoms with Crippen molar-refractivity contribution >= 4 is 86.4 Å². The molecule has 6 atom stereocenters. The predicted octanol–water partition coefficient (Wildman–Crippen LogP) is 6.36. The zero-order valence-corrected chi connectivity index (χ0v) is 50.2. The average molecular weight is 1260 g/mol. The van der Waals surface area contributed by atoms with Gasteiger partial charge in [-0.1, -0.05) is 41.8 Å². The predicted molar refractivity (Wildman–Crippen MR) is 303 cm³/mol. The van der Waals surface area contributed by atoms with Crippen molar-refractivity contribution in [1.82, 2.24) is 20.2 Å². The van der Waals surface area contributed by atoms with E-state index in [1.807, 2.05) is 56.4 Å². The van der Waals surface area contributed by atoms with Crippen LogP contribution in [0.3, 0.4) is 0 Å². The summed E-state index contributed by atoms with van der Waals surface area (Å²) >= 11 is 0.901. The number of hydrogen-bond donors (Lipinski definition) is 10. The minimum atomic E-state index is -5.78. The highest BCUT2D eigenvalue weighted by Crippen LogP contribution is 2.66. The number of carbonyl (C=O) groups is 2. The fourth-order valence-corrected chi connectivity index (χ4v) is 14.0. The number of aromatic nitrogens is 2. The first-order chi connectivity index (χ1) is 38.9. The fourth-order valence-electron chi connectivity index (χ4n) is 10.0. The van der Waals surface area contributed by atoms with Gasteiger partial charge >= 0.3 is 29.2 Å². The van der Waals surface area contributed by atoms with Crippen molar-refractivity contribution in [3.8, 4) is 0 Å². The van der Waals surface area contributed by atoms with Gasteiger partial charge in [-0.25, -0.2) is 23.7 Å². The molecule has 11 N–H and O–H groups in total. The Morgan fingerprint density at radius 2 is 1.66 bits per heavy atom. The van der Waals surface area contributed by atoms with Crippen LogP contribution in [0.2, 0.25) is 0 Å². The third kappa shape index (κ3) is 17.8. The summed E-state index contributed by atoms with van der Waals surface area (Å²) in [5, 5.41) is 28.6. The summed E-state index contributed by atoms with van der Waals surface area (Å²) in [5.41, 5.74) is 9.80. The number of nitrogens with two attached hydrogens (primary N) is 1. The number of allylic oxidation sites excluding steroid dienone is 6. The molecule has 0 aliphatic carbocycles. The molecule has 0 bridgehead atoms. The summed E-state index contributed by atoms with van der Waals surface area (Å²) in [6.07, 6.45) is 13.0. The molecule has 3 aromatic rings. The number of unbranched alkanes of at least 4 members (excludes halogenated alkanes) is 2. The lowest BCUT2D eigenvalue weighted by molar-refractivity contribution is -0.433. The molecule has 0 saturated carbocycles. The van der Waals surface area contributed by atoms with E-state index in [0.29, 0.717) is 50.8 Å². The minimum Gasteiger partial charge on any atom is -0.390 e. The van der Waals surface area contributed by atoms with Crippen LogP contribution in [0.4, 0.5) is 17.2 Å². The fraction of sp³-hybridized carbons (Fsp3) is 0.460. The lowest BCUT2D eigenvalue weighted by atomic mass is 9.77. The lowest BCUT2D eigenvalue weighted by Gasteiger charge is -2.30. The van der Waals surface area contributed by atoms with Gasteiger partial charge in [0, 0.05) is 90.1 Å². The van der Waals surface area contributed by atoms with Crippen LogP contribution in [0.15, 0.2) is 99.3 Å². The first-order valence-electron chi connectivity index (χ1n) is 26.0. The van der Waals surface area contributed by atoms with Crippen LogP contribution < -0.4 is 27.0 Å². The molecule has 1 aromatic heterocycles. The molecule has 456 valence electrons. The maximum Gasteiger partial charge on any atom is 0.490 e. The van der Waals surface area contributed by atoms with Crippen LogP contribution in [0.25, 0.3) is 6.08 Å². The second-order valence-corrected chi connectivity index (χ2v) is 26.6. The number of phosphoric acid groups is 3. The molecule has 28 nitrogen and oxygen atoms in total. The van der Waals surface area contributed by atoms with Crippen molar-refractivity contribution in [3.05, 3.63) is 112 Å². The lowest BCUT2D eigenvalue weighted by Crippen LogP contribution is -2.29. The molecule has 3 aliphatic heterocycles. The van der Waals surface area contributed by atoms with Crippen molar-refractivity contribution in [1.29, 1.82) is 0 Å². The second-order valence-electron chi connectivity index (χ2n) is 20.0. The molecule has 3 aliphatic rings. The van der Waals surface area contributed by atoms with Crippen molar-refractivity contribution < 1.29 is 98.0 Å². The van der Waals surface area contributed by atoms with Gasteiger partial charge < -0.3 is 50.7 Å². The third-order valence-electron chi connectivity index (χ3n) is 13.9. The molecule has 2 amide bonds. The highest BCUT2D eigenvalue weighted by molar-refractivity contribution is 7.94. The Morgan fingerprint density at radius 1 is 0.940 bits per heavy atom. The Labute approximate surface area is 483 Å². The number of ether oxygens (including phenoxy) is 1. The molecule has 0 spiro atoms. The molecule has 1 fully saturated rings. The van der Waals surface area contributed by atoms with Gasteiger partial charge in [0.1, 0.15) is 24.7 Å². The number of anilines is 2. The largest absolute Gasteiger partial charge is 0.490 e. The smallest absolute Gasteiger partial charge is 0.390 e. The van der Waals surface area contributed by atoms with Crippen molar-refractivity contribution in [2.24, 2.45) is 0 Å². The van der Waals surface area contributed by atoms with Crippen LogP contribution >= 0.6 is 35.5 Å². The normalized spacial score (nSPS) is 21.8. The minimum absolute atomic E-state index is 0.0680. The molecule has 6 rings (SSSR count). The maximum absolute atomic E-state index is 13.1. The average Bonchev–Trinajstić information content (AvgIpc) is 1.89. The number of fused-ring (bicyclic) bond motifs is 2. The molecule has 33 heteroatoms. The van der Waals surface area contributed by atoms with E-state index in [4.69, 9.17) is 25.5 Å². The topological polar surface area (TPSA) is 408 Å². The Balaban J connectivity index is 0.958. The monoisotopic (exact) mass is 1260 g/mol. The number of hydrogen-bond acceptors (Lipinski definition) is 20. The summed E-state index contributed by atoms with van der Waals surface area (Å²) in [5.74, 6) is -0.592. The standard InChI is InChI=1S/C50H68N7O21P3S2/c1-6-55-38-23-21-34(82-76-75-62)28-36(38)49(3,4)42(55)17-10-8-11-18-43-50(5,37-29-35(83(70,71)72)22-24-39(37)56(43)7-2)25-14-20-45(60)52-26-13-9-12-19-44(59)53-27-15-16-33-31-57(48(61)54-47(33)51)46-30-40(58)41(74-46)32-73-80(66,67)78-81(68,69)77-79(63,64)65/h8,10-11,15-18,21-24,28-29,31,40-41,46,58H,6-7,9,12-14,19-20,25-27,30,32H2,1-5H3,(H9-,51,52,53,54,59,60,61,62,63,64,65,66,67,68,69,70,71,72)/p+1/t40-,41-,46-,50?/m1/s1. The molecule has 4 heterocycles. The third-order valence-corrected chi connectivity index (χ3v) is 19.2. The summed E-state index contributed by atoms with van der Waals surface area (Å²) in [4.78, 5) is 81.3. The van der Waals surface area contributed by atoms with Crippen molar-refractivity contribution in [2.75, 3.05) is 43.4 Å². The van der Waals surface area contributed by atoms with Crippen molar-refractivity contribution in [2.45, 2.75) is 125 Å². The molecule has 0 radical (unpaired) electrons. The number of phosphoric ester groups is 1. The van der Waals surface area contributed by atoms with Gasteiger partial charge in [0.25, 0.3) is 10.1 Å². The highest BCUT2D eigenvalue weighted by Gasteiger charge is 2.46. The summed E-state index contributed by atoms with van der Waals surface area (Å²) in [6.45, 7) is 11.1. The van der Waals surface area contributed by atoms with E-state index in [1.165, 1.54) is 24.4 Å². The second kappa shape index (κ2) is 28.4. The van der Waals surface area contributed by atoms with Crippen molar-refractivity contribution in [3.63, 3.8) is 0 Å².